The summed E-state index contributed by atoms with van der Waals surface area (Å²) >= 11 is 6.71. The minimum Gasteiger partial charge on any atom is -0.503 e. The van der Waals surface area contributed by atoms with Crippen molar-refractivity contribution in [2.45, 2.75) is 18.2 Å². The number of rotatable bonds is 4. The summed E-state index contributed by atoms with van der Waals surface area (Å²) in [5, 5.41) is 14.7. The number of phenolic OH excluding ortho intramolecular Hbond substituents is 1. The van der Waals surface area contributed by atoms with Gasteiger partial charge in [-0.15, -0.1) is 23.1 Å². The van der Waals surface area contributed by atoms with Crippen LogP contribution in [0.15, 0.2) is 28.1 Å². The topological polar surface area (TPSA) is 58.6 Å². The fourth-order valence-corrected chi connectivity index (χ4v) is 5.34. The number of carbonyl (C=O) groups excluding carboxylic acids is 1. The Morgan fingerprint density at radius 1 is 1.52 bits per heavy atom. The Balaban J connectivity index is 1.70. The molecule has 1 aliphatic rings. The summed E-state index contributed by atoms with van der Waals surface area (Å²) in [6, 6.07) is 5.56. The third kappa shape index (κ3) is 3.51. The molecule has 0 aliphatic carbocycles. The summed E-state index contributed by atoms with van der Waals surface area (Å²) in [6.45, 7) is 0.393. The predicted molar refractivity (Wildman–Crippen MR) is 97.4 cm³/mol. The molecule has 3 rings (SSSR count). The Bertz CT molecular complexity index is 732. The second-order valence-corrected chi connectivity index (χ2v) is 8.21. The number of methoxy groups -OCH3 is 1. The number of aromatic hydroxyl groups is 1. The van der Waals surface area contributed by atoms with E-state index in [2.05, 4.69) is 32.7 Å². The molecule has 1 atom stereocenters. The van der Waals surface area contributed by atoms with Crippen molar-refractivity contribution in [2.24, 2.45) is 0 Å². The van der Waals surface area contributed by atoms with Crippen LogP contribution in [0.1, 0.15) is 21.3 Å². The van der Waals surface area contributed by atoms with Crippen LogP contribution in [0, 0.1) is 0 Å². The van der Waals surface area contributed by atoms with E-state index in [9.17, 15) is 9.90 Å². The number of fused-ring (bicyclic) bond motifs is 1. The summed E-state index contributed by atoms with van der Waals surface area (Å²) in [5.74, 6) is 1.45. The second-order valence-electron chi connectivity index (χ2n) is 5.15. The number of hydrogen-bond acceptors (Lipinski definition) is 5. The van der Waals surface area contributed by atoms with Gasteiger partial charge in [-0.2, -0.15) is 0 Å². The third-order valence-corrected chi connectivity index (χ3v) is 6.53. The van der Waals surface area contributed by atoms with E-state index in [1.807, 2.05) is 0 Å². The van der Waals surface area contributed by atoms with Gasteiger partial charge >= 0.3 is 0 Å². The van der Waals surface area contributed by atoms with E-state index >= 15 is 0 Å². The van der Waals surface area contributed by atoms with E-state index in [0.29, 0.717) is 16.8 Å². The monoisotopic (exact) mass is 413 g/mol. The molecule has 0 saturated heterocycles. The first-order chi connectivity index (χ1) is 11.1. The van der Waals surface area contributed by atoms with Crippen molar-refractivity contribution in [1.82, 2.24) is 5.32 Å². The van der Waals surface area contributed by atoms with Gasteiger partial charge in [0.1, 0.15) is 5.25 Å². The first kappa shape index (κ1) is 16.7. The Morgan fingerprint density at radius 3 is 3.13 bits per heavy atom. The van der Waals surface area contributed by atoms with Crippen molar-refractivity contribution in [3.8, 4) is 11.5 Å². The quantitative estimate of drug-likeness (QED) is 0.798. The van der Waals surface area contributed by atoms with Gasteiger partial charge in [-0.05, 0) is 62.8 Å². The molecule has 0 fully saturated rings. The summed E-state index contributed by atoms with van der Waals surface area (Å²) < 4.78 is 5.68. The van der Waals surface area contributed by atoms with Crippen molar-refractivity contribution >= 4 is 44.9 Å². The van der Waals surface area contributed by atoms with Gasteiger partial charge in [0.2, 0.25) is 5.91 Å². The van der Waals surface area contributed by atoms with Crippen LogP contribution < -0.4 is 10.1 Å². The lowest BCUT2D eigenvalue weighted by Gasteiger charge is -2.21. The van der Waals surface area contributed by atoms with Crippen molar-refractivity contribution in [3.05, 3.63) is 44.1 Å². The molecule has 1 aromatic heterocycles. The number of hydrogen-bond donors (Lipinski definition) is 2. The lowest BCUT2D eigenvalue weighted by atomic mass is 10.1. The van der Waals surface area contributed by atoms with E-state index in [1.165, 1.54) is 12.0 Å². The van der Waals surface area contributed by atoms with Crippen LogP contribution in [-0.2, 0) is 17.8 Å². The number of benzene rings is 1. The van der Waals surface area contributed by atoms with Gasteiger partial charge in [0.15, 0.2) is 11.5 Å². The van der Waals surface area contributed by atoms with E-state index in [-0.39, 0.29) is 16.9 Å². The zero-order valence-corrected chi connectivity index (χ0v) is 15.7. The molecule has 0 spiro atoms. The molecule has 2 N–H and O–H groups in total. The number of phenols is 1. The van der Waals surface area contributed by atoms with Gasteiger partial charge in [0, 0.05) is 11.4 Å². The molecule has 23 heavy (non-hydrogen) atoms. The number of thiophene rings is 1. The van der Waals surface area contributed by atoms with Crippen LogP contribution in [-0.4, -0.2) is 23.9 Å². The molecule has 7 heteroatoms. The number of carbonyl (C=O) groups is 1. The van der Waals surface area contributed by atoms with Crippen molar-refractivity contribution in [3.63, 3.8) is 0 Å². The fourth-order valence-electron chi connectivity index (χ4n) is 2.53. The van der Waals surface area contributed by atoms with Gasteiger partial charge < -0.3 is 15.2 Å². The maximum absolute atomic E-state index is 12.5. The molecule has 2 heterocycles. The first-order valence-corrected chi connectivity index (χ1v) is 9.83. The molecule has 2 aromatic rings. The third-order valence-electron chi connectivity index (χ3n) is 3.69. The summed E-state index contributed by atoms with van der Waals surface area (Å²) in [5.41, 5.74) is 2.01. The highest BCUT2D eigenvalue weighted by atomic mass is 79.9. The number of aryl methyl sites for hydroxylation is 1. The average Bonchev–Trinajstić information content (AvgIpc) is 3.04. The molecule has 4 nitrogen and oxygen atoms in total. The molecule has 0 radical (unpaired) electrons. The van der Waals surface area contributed by atoms with Crippen LogP contribution in [0.2, 0.25) is 0 Å². The first-order valence-electron chi connectivity index (χ1n) is 7.11. The van der Waals surface area contributed by atoms with Crippen LogP contribution in [0.3, 0.4) is 0 Å². The Labute approximate surface area is 151 Å². The van der Waals surface area contributed by atoms with Crippen molar-refractivity contribution < 1.29 is 14.6 Å². The SMILES string of the molecule is COc1cc(CNC(=O)[C@@H]2SCCc3sccc32)cc(Br)c1O. The zero-order valence-electron chi connectivity index (χ0n) is 12.5. The Hall–Kier alpha value is -1.18. The smallest absolute Gasteiger partial charge is 0.237 e. The van der Waals surface area contributed by atoms with Crippen LogP contribution in [0.5, 0.6) is 11.5 Å². The summed E-state index contributed by atoms with van der Waals surface area (Å²) in [6.07, 6.45) is 1.05. The fraction of sp³-hybridized carbons (Fsp3) is 0.312. The second kappa shape index (κ2) is 7.15. The molecule has 1 amide bonds. The molecule has 0 bridgehead atoms. The maximum atomic E-state index is 12.5. The van der Waals surface area contributed by atoms with Gasteiger partial charge in [-0.1, -0.05) is 0 Å². The van der Waals surface area contributed by atoms with Crippen LogP contribution in [0.4, 0.5) is 0 Å². The number of amides is 1. The summed E-state index contributed by atoms with van der Waals surface area (Å²) in [4.78, 5) is 13.8. The molecule has 122 valence electrons. The van der Waals surface area contributed by atoms with E-state index in [0.717, 1.165) is 23.3 Å². The van der Waals surface area contributed by atoms with Gasteiger partial charge in [0.25, 0.3) is 0 Å². The van der Waals surface area contributed by atoms with E-state index in [1.54, 1.807) is 35.2 Å². The highest BCUT2D eigenvalue weighted by Crippen LogP contribution is 2.39. The van der Waals surface area contributed by atoms with Crippen LogP contribution in [0.25, 0.3) is 0 Å². The minimum absolute atomic E-state index is 0.0255. The Kier molecular flexibility index (Phi) is 5.18. The van der Waals surface area contributed by atoms with E-state index in [4.69, 9.17) is 4.74 Å². The molecular weight excluding hydrogens is 398 g/mol. The minimum atomic E-state index is -0.132. The molecule has 0 unspecified atom stereocenters. The Morgan fingerprint density at radius 2 is 2.35 bits per heavy atom. The summed E-state index contributed by atoms with van der Waals surface area (Å²) in [7, 11) is 1.50. The zero-order chi connectivity index (χ0) is 16.4. The highest BCUT2D eigenvalue weighted by molar-refractivity contribution is 9.10. The number of ether oxygens (including phenoxy) is 1. The van der Waals surface area contributed by atoms with Gasteiger partial charge in [0.05, 0.1) is 11.6 Å². The average molecular weight is 414 g/mol. The number of thioether (sulfide) groups is 1. The normalized spacial score (nSPS) is 16.7. The number of nitrogens with one attached hydrogen (secondary N) is 1. The standard InChI is InChI=1S/C16H16BrNO3S2/c1-21-12-7-9(6-11(17)14(12)19)8-18-16(20)15-10-2-4-22-13(10)3-5-23-15/h2,4,6-7,15,19H,3,5,8H2,1H3,(H,18,20)/t15-/m1/s1. The molecular formula is C16H16BrNO3S2. The lowest BCUT2D eigenvalue weighted by Crippen LogP contribution is -2.29. The lowest BCUT2D eigenvalue weighted by molar-refractivity contribution is -0.120. The molecule has 1 aromatic carbocycles. The van der Waals surface area contributed by atoms with Crippen LogP contribution >= 0.6 is 39.0 Å². The molecule has 0 saturated carbocycles. The van der Waals surface area contributed by atoms with Crippen molar-refractivity contribution in [2.75, 3.05) is 12.9 Å². The van der Waals surface area contributed by atoms with Gasteiger partial charge in [-0.25, -0.2) is 0 Å². The molecule has 1 aliphatic heterocycles. The number of halogens is 1. The predicted octanol–water partition coefficient (Wildman–Crippen LogP) is 3.87. The largest absolute Gasteiger partial charge is 0.503 e. The van der Waals surface area contributed by atoms with E-state index < -0.39 is 0 Å². The van der Waals surface area contributed by atoms with Gasteiger partial charge in [-0.3, -0.25) is 4.79 Å². The maximum Gasteiger partial charge on any atom is 0.237 e. The highest BCUT2D eigenvalue weighted by Gasteiger charge is 2.27. The van der Waals surface area contributed by atoms with Crippen molar-refractivity contribution in [1.29, 1.82) is 0 Å².